The Morgan fingerprint density at radius 1 is 1.00 bits per heavy atom. The fraction of sp³-hybridized carbons (Fsp3) is 0.273. The Morgan fingerprint density at radius 2 is 1.74 bits per heavy atom. The van der Waals surface area contributed by atoms with Crippen molar-refractivity contribution in [3.05, 3.63) is 64.5 Å². The zero-order chi connectivity index (χ0) is 19.2. The summed E-state index contributed by atoms with van der Waals surface area (Å²) in [6.07, 6.45) is 2.64. The minimum atomic E-state index is -0.343. The Balaban J connectivity index is 1.78. The lowest BCUT2D eigenvalue weighted by Crippen LogP contribution is -2.12. The molecule has 0 unspecified atom stereocenters. The van der Waals surface area contributed by atoms with E-state index >= 15 is 0 Å². The molecule has 0 atom stereocenters. The predicted molar refractivity (Wildman–Crippen MR) is 111 cm³/mol. The normalized spacial score (nSPS) is 10.7. The number of thiophene rings is 1. The van der Waals surface area contributed by atoms with E-state index in [1.165, 1.54) is 11.3 Å². The number of carbonyl (C=O) groups excluding carboxylic acids is 2. The van der Waals surface area contributed by atoms with Crippen molar-refractivity contribution < 1.29 is 14.3 Å². The second kappa shape index (κ2) is 8.82. The smallest absolute Gasteiger partial charge is 0.338 e. The first-order chi connectivity index (χ1) is 13.1. The zero-order valence-electron chi connectivity index (χ0n) is 15.6. The number of nitrogens with one attached hydrogen (secondary N) is 1. The Hall–Kier alpha value is -2.66. The molecule has 0 aliphatic rings. The average Bonchev–Trinajstić information content (AvgIpc) is 3.06. The third-order valence-corrected chi connectivity index (χ3v) is 5.43. The van der Waals surface area contributed by atoms with Crippen LogP contribution in [0.2, 0.25) is 0 Å². The Morgan fingerprint density at radius 3 is 2.44 bits per heavy atom. The fourth-order valence-corrected chi connectivity index (χ4v) is 4.08. The molecular weight excluding hydrogens is 358 g/mol. The summed E-state index contributed by atoms with van der Waals surface area (Å²) in [5.41, 5.74) is 2.25. The van der Waals surface area contributed by atoms with Crippen molar-refractivity contribution >= 4 is 39.0 Å². The minimum absolute atomic E-state index is 0.110. The van der Waals surface area contributed by atoms with E-state index in [2.05, 4.69) is 18.3 Å². The highest BCUT2D eigenvalue weighted by Crippen LogP contribution is 2.32. The number of aryl methyl sites for hydroxylation is 1. The number of anilines is 1. The van der Waals surface area contributed by atoms with Crippen molar-refractivity contribution in [3.63, 3.8) is 0 Å². The van der Waals surface area contributed by atoms with Gasteiger partial charge in [-0.2, -0.15) is 0 Å². The molecule has 140 valence electrons. The van der Waals surface area contributed by atoms with Gasteiger partial charge in [0, 0.05) is 10.4 Å². The molecule has 0 bridgehead atoms. The molecule has 1 aromatic heterocycles. The van der Waals surface area contributed by atoms with Crippen LogP contribution < -0.4 is 5.32 Å². The summed E-state index contributed by atoms with van der Waals surface area (Å²) in [7, 11) is 0. The summed E-state index contributed by atoms with van der Waals surface area (Å²) < 4.78 is 6.24. The van der Waals surface area contributed by atoms with Gasteiger partial charge in [-0.15, -0.1) is 11.3 Å². The lowest BCUT2D eigenvalue weighted by Gasteiger charge is -2.07. The van der Waals surface area contributed by atoms with Crippen LogP contribution in [0.3, 0.4) is 0 Å². The zero-order valence-corrected chi connectivity index (χ0v) is 16.4. The van der Waals surface area contributed by atoms with Crippen LogP contribution in [0.5, 0.6) is 0 Å². The van der Waals surface area contributed by atoms with E-state index in [0.717, 1.165) is 39.8 Å². The fourth-order valence-electron chi connectivity index (χ4n) is 2.94. The van der Waals surface area contributed by atoms with E-state index in [1.54, 1.807) is 24.3 Å². The van der Waals surface area contributed by atoms with Crippen LogP contribution in [0.25, 0.3) is 10.1 Å². The number of benzene rings is 2. The van der Waals surface area contributed by atoms with E-state index in [1.807, 2.05) is 25.1 Å². The molecule has 2 aromatic carbocycles. The summed E-state index contributed by atoms with van der Waals surface area (Å²) in [4.78, 5) is 25.5. The molecule has 1 heterocycles. The Kier molecular flexibility index (Phi) is 6.24. The molecule has 27 heavy (non-hydrogen) atoms. The first-order valence-corrected chi connectivity index (χ1v) is 10.0. The highest BCUT2D eigenvalue weighted by Gasteiger charge is 2.18. The SMILES string of the molecule is CCCOC(=O)c1ccc(NC(=O)c2sc3ccccc3c2CCC)cc1. The monoisotopic (exact) mass is 381 g/mol. The summed E-state index contributed by atoms with van der Waals surface area (Å²) in [6, 6.07) is 14.9. The molecule has 1 N–H and O–H groups in total. The second-order valence-electron chi connectivity index (χ2n) is 6.32. The van der Waals surface area contributed by atoms with E-state index in [-0.39, 0.29) is 11.9 Å². The van der Waals surface area contributed by atoms with E-state index in [0.29, 0.717) is 17.9 Å². The maximum atomic E-state index is 12.8. The summed E-state index contributed by atoms with van der Waals surface area (Å²) >= 11 is 1.52. The molecule has 0 spiro atoms. The van der Waals surface area contributed by atoms with Crippen LogP contribution in [0.15, 0.2) is 48.5 Å². The molecule has 3 rings (SSSR count). The van der Waals surface area contributed by atoms with Crippen molar-refractivity contribution in [1.82, 2.24) is 0 Å². The van der Waals surface area contributed by atoms with Gasteiger partial charge < -0.3 is 10.1 Å². The van der Waals surface area contributed by atoms with Crippen LogP contribution in [0.4, 0.5) is 5.69 Å². The van der Waals surface area contributed by atoms with Gasteiger partial charge in [-0.1, -0.05) is 38.5 Å². The van der Waals surface area contributed by atoms with Crippen molar-refractivity contribution in [2.45, 2.75) is 33.1 Å². The third kappa shape index (κ3) is 4.37. The lowest BCUT2D eigenvalue weighted by atomic mass is 10.1. The molecule has 0 radical (unpaired) electrons. The summed E-state index contributed by atoms with van der Waals surface area (Å²) in [6.45, 7) is 4.47. The molecule has 0 saturated heterocycles. The Labute approximate surface area is 163 Å². The summed E-state index contributed by atoms with van der Waals surface area (Å²) in [5.74, 6) is -0.453. The first-order valence-electron chi connectivity index (χ1n) is 9.23. The number of fused-ring (bicyclic) bond motifs is 1. The number of carbonyl (C=O) groups is 2. The first kappa shape index (κ1) is 19.1. The van der Waals surface area contributed by atoms with Gasteiger partial charge in [0.25, 0.3) is 5.91 Å². The van der Waals surface area contributed by atoms with Gasteiger partial charge in [-0.05, 0) is 54.1 Å². The molecule has 0 fully saturated rings. The average molecular weight is 381 g/mol. The second-order valence-corrected chi connectivity index (χ2v) is 7.38. The topological polar surface area (TPSA) is 55.4 Å². The number of rotatable bonds is 7. The minimum Gasteiger partial charge on any atom is -0.462 e. The molecule has 4 nitrogen and oxygen atoms in total. The number of ether oxygens (including phenoxy) is 1. The van der Waals surface area contributed by atoms with Gasteiger partial charge in [0.1, 0.15) is 0 Å². The standard InChI is InChI=1S/C22H23NO3S/c1-3-7-18-17-8-5-6-9-19(17)27-20(18)21(24)23-16-12-10-15(11-13-16)22(25)26-14-4-2/h5-6,8-13H,3-4,7,14H2,1-2H3,(H,23,24). The maximum Gasteiger partial charge on any atom is 0.338 e. The lowest BCUT2D eigenvalue weighted by molar-refractivity contribution is 0.0505. The summed E-state index contributed by atoms with van der Waals surface area (Å²) in [5, 5.41) is 4.10. The largest absolute Gasteiger partial charge is 0.462 e. The molecule has 3 aromatic rings. The molecule has 0 aliphatic carbocycles. The van der Waals surface area contributed by atoms with Crippen LogP contribution >= 0.6 is 11.3 Å². The van der Waals surface area contributed by atoms with E-state index in [4.69, 9.17) is 4.74 Å². The van der Waals surface area contributed by atoms with Gasteiger partial charge in [0.2, 0.25) is 0 Å². The van der Waals surface area contributed by atoms with Gasteiger partial charge in [-0.3, -0.25) is 4.79 Å². The highest BCUT2D eigenvalue weighted by atomic mass is 32.1. The van der Waals surface area contributed by atoms with Crippen molar-refractivity contribution in [3.8, 4) is 0 Å². The van der Waals surface area contributed by atoms with Crippen molar-refractivity contribution in [1.29, 1.82) is 0 Å². The van der Waals surface area contributed by atoms with Crippen molar-refractivity contribution in [2.24, 2.45) is 0 Å². The van der Waals surface area contributed by atoms with Gasteiger partial charge in [0.15, 0.2) is 0 Å². The number of esters is 1. The third-order valence-electron chi connectivity index (χ3n) is 4.22. The van der Waals surface area contributed by atoms with Gasteiger partial charge in [0.05, 0.1) is 17.0 Å². The number of hydrogen-bond acceptors (Lipinski definition) is 4. The van der Waals surface area contributed by atoms with E-state index < -0.39 is 0 Å². The molecule has 0 aliphatic heterocycles. The van der Waals surface area contributed by atoms with Crippen molar-refractivity contribution in [2.75, 3.05) is 11.9 Å². The van der Waals surface area contributed by atoms with Crippen LogP contribution in [-0.4, -0.2) is 18.5 Å². The molecular formula is C22H23NO3S. The number of amides is 1. The maximum absolute atomic E-state index is 12.8. The van der Waals surface area contributed by atoms with Gasteiger partial charge >= 0.3 is 5.97 Å². The highest BCUT2D eigenvalue weighted by molar-refractivity contribution is 7.21. The predicted octanol–water partition coefficient (Wildman–Crippen LogP) is 5.67. The Bertz CT molecular complexity index is 944. The number of hydrogen-bond donors (Lipinski definition) is 1. The van der Waals surface area contributed by atoms with Gasteiger partial charge in [-0.25, -0.2) is 4.79 Å². The quantitative estimate of drug-likeness (QED) is 0.536. The molecule has 0 saturated carbocycles. The van der Waals surface area contributed by atoms with Crippen LogP contribution in [0, 0.1) is 0 Å². The molecule has 1 amide bonds. The van der Waals surface area contributed by atoms with E-state index in [9.17, 15) is 9.59 Å². The molecule has 5 heteroatoms. The van der Waals surface area contributed by atoms with Crippen LogP contribution in [-0.2, 0) is 11.2 Å². The van der Waals surface area contributed by atoms with Crippen LogP contribution in [0.1, 0.15) is 52.3 Å².